The summed E-state index contributed by atoms with van der Waals surface area (Å²) >= 11 is 0. The maximum atomic E-state index is 12.4. The van der Waals surface area contributed by atoms with Crippen LogP contribution >= 0.6 is 0 Å². The highest BCUT2D eigenvalue weighted by Gasteiger charge is 2.17. The highest BCUT2D eigenvalue weighted by molar-refractivity contribution is 5.99. The van der Waals surface area contributed by atoms with Crippen LogP contribution < -0.4 is 16.4 Å². The van der Waals surface area contributed by atoms with Crippen molar-refractivity contribution in [3.05, 3.63) is 42.0 Å². The quantitative estimate of drug-likeness (QED) is 0.656. The molecule has 0 saturated carbocycles. The topological polar surface area (TPSA) is 106 Å². The molecule has 3 rings (SSSR count). The van der Waals surface area contributed by atoms with Crippen LogP contribution in [-0.4, -0.2) is 26.8 Å². The number of fused-ring (bicyclic) bond motifs is 1. The Morgan fingerprint density at radius 3 is 2.46 bits per heavy atom. The number of carbonyl (C=O) groups is 1. The number of nitrogens with one attached hydrogen (secondary N) is 2. The maximum Gasteiger partial charge on any atom is 0.319 e. The number of hydrogen-bond acceptors (Lipinski definition) is 5. The molecule has 0 atom stereocenters. The van der Waals surface area contributed by atoms with Crippen LogP contribution in [0.5, 0.6) is 0 Å². The number of benzene rings is 2. The number of anilines is 2. The first-order valence-corrected chi connectivity index (χ1v) is 8.32. The van der Waals surface area contributed by atoms with E-state index in [2.05, 4.69) is 25.8 Å². The van der Waals surface area contributed by atoms with Gasteiger partial charge in [-0.15, -0.1) is 10.2 Å². The van der Waals surface area contributed by atoms with Gasteiger partial charge in [-0.2, -0.15) is 0 Å². The number of rotatable bonds is 2. The van der Waals surface area contributed by atoms with Crippen molar-refractivity contribution in [2.75, 3.05) is 11.1 Å². The number of aromatic nitrogens is 3. The number of amides is 2. The summed E-state index contributed by atoms with van der Waals surface area (Å²) in [5.74, 6) is 0.0891. The van der Waals surface area contributed by atoms with E-state index in [1.165, 1.54) is 0 Å². The van der Waals surface area contributed by atoms with E-state index in [1.54, 1.807) is 6.07 Å². The average molecular weight is 350 g/mol. The standard InChI is InChI=1S/C19H22N6O/c1-11-7-5-6-8-12(11)13-9-16-15(21-17(20)25-24-16)10-14(13)22-18(26)23-19(2,3)4/h5-10H,1-4H3,(H2,20,21,25)(H2,22,23,26). The highest BCUT2D eigenvalue weighted by atomic mass is 16.2. The van der Waals surface area contributed by atoms with E-state index in [0.717, 1.165) is 16.7 Å². The number of urea groups is 1. The van der Waals surface area contributed by atoms with Gasteiger partial charge >= 0.3 is 6.03 Å². The first-order chi connectivity index (χ1) is 12.2. The second-order valence-corrected chi connectivity index (χ2v) is 7.20. The lowest BCUT2D eigenvalue weighted by atomic mass is 9.98. The zero-order chi connectivity index (χ0) is 18.9. The van der Waals surface area contributed by atoms with Crippen molar-refractivity contribution in [3.63, 3.8) is 0 Å². The molecule has 7 nitrogen and oxygen atoms in total. The van der Waals surface area contributed by atoms with Crippen LogP contribution in [0.2, 0.25) is 0 Å². The molecule has 0 aliphatic carbocycles. The molecule has 4 N–H and O–H groups in total. The van der Waals surface area contributed by atoms with Crippen LogP contribution in [0.15, 0.2) is 36.4 Å². The average Bonchev–Trinajstić information content (AvgIpc) is 2.53. The summed E-state index contributed by atoms with van der Waals surface area (Å²) in [6.45, 7) is 7.79. The molecule has 0 aliphatic rings. The van der Waals surface area contributed by atoms with Crippen molar-refractivity contribution in [1.82, 2.24) is 20.5 Å². The maximum absolute atomic E-state index is 12.4. The number of nitrogens with two attached hydrogens (primary N) is 1. The molecule has 3 aromatic rings. The van der Waals surface area contributed by atoms with Crippen LogP contribution in [0.1, 0.15) is 26.3 Å². The molecular formula is C19H22N6O. The molecule has 26 heavy (non-hydrogen) atoms. The first kappa shape index (κ1) is 17.6. The molecule has 2 amide bonds. The molecule has 134 valence electrons. The molecule has 1 aromatic heterocycles. The van der Waals surface area contributed by atoms with Crippen LogP contribution in [0.3, 0.4) is 0 Å². The van der Waals surface area contributed by atoms with E-state index in [-0.39, 0.29) is 17.5 Å². The molecule has 0 unspecified atom stereocenters. The smallest absolute Gasteiger partial charge is 0.319 e. The van der Waals surface area contributed by atoms with E-state index in [9.17, 15) is 4.79 Å². The van der Waals surface area contributed by atoms with Gasteiger partial charge in [0.15, 0.2) is 0 Å². The van der Waals surface area contributed by atoms with Crippen LogP contribution in [0.4, 0.5) is 16.4 Å². The third-order valence-corrected chi connectivity index (χ3v) is 3.78. The first-order valence-electron chi connectivity index (χ1n) is 8.32. The molecule has 2 aromatic carbocycles. The predicted octanol–water partition coefficient (Wildman–Crippen LogP) is 3.50. The lowest BCUT2D eigenvalue weighted by Crippen LogP contribution is -2.43. The summed E-state index contributed by atoms with van der Waals surface area (Å²) in [5.41, 5.74) is 10.0. The molecule has 0 saturated heterocycles. The Hall–Kier alpha value is -3.22. The Bertz CT molecular complexity index is 977. The SMILES string of the molecule is Cc1ccccc1-c1cc2nnc(N)nc2cc1NC(=O)NC(C)(C)C. The van der Waals surface area contributed by atoms with Gasteiger partial charge in [0.1, 0.15) is 5.52 Å². The van der Waals surface area contributed by atoms with Crippen molar-refractivity contribution >= 4 is 28.7 Å². The molecule has 1 heterocycles. The zero-order valence-corrected chi connectivity index (χ0v) is 15.3. The minimum absolute atomic E-state index is 0.0891. The fourth-order valence-corrected chi connectivity index (χ4v) is 2.69. The summed E-state index contributed by atoms with van der Waals surface area (Å²) < 4.78 is 0. The number of carbonyl (C=O) groups excluding carboxylic acids is 1. The summed E-state index contributed by atoms with van der Waals surface area (Å²) in [7, 11) is 0. The number of aryl methyl sites for hydroxylation is 1. The molecule has 0 radical (unpaired) electrons. The minimum Gasteiger partial charge on any atom is -0.366 e. The van der Waals surface area contributed by atoms with Gasteiger partial charge in [-0.25, -0.2) is 9.78 Å². The van der Waals surface area contributed by atoms with E-state index in [0.29, 0.717) is 16.7 Å². The second-order valence-electron chi connectivity index (χ2n) is 7.20. The van der Waals surface area contributed by atoms with Gasteiger partial charge in [0, 0.05) is 11.1 Å². The molecule has 7 heteroatoms. The zero-order valence-electron chi connectivity index (χ0n) is 15.3. The van der Waals surface area contributed by atoms with Crippen LogP contribution in [0, 0.1) is 6.92 Å². The van der Waals surface area contributed by atoms with Crippen LogP contribution in [-0.2, 0) is 0 Å². The summed E-state index contributed by atoms with van der Waals surface area (Å²) in [4.78, 5) is 16.6. The molecular weight excluding hydrogens is 328 g/mol. The number of hydrogen-bond donors (Lipinski definition) is 3. The van der Waals surface area contributed by atoms with Gasteiger partial charge in [-0.3, -0.25) is 0 Å². The second kappa shape index (κ2) is 6.59. The summed E-state index contributed by atoms with van der Waals surface area (Å²) in [6, 6.07) is 11.3. The fourth-order valence-electron chi connectivity index (χ4n) is 2.69. The van der Waals surface area contributed by atoms with Gasteiger partial charge in [0.25, 0.3) is 0 Å². The van der Waals surface area contributed by atoms with Gasteiger partial charge in [-0.1, -0.05) is 24.3 Å². The molecule has 0 spiro atoms. The van der Waals surface area contributed by atoms with Crippen molar-refractivity contribution in [2.45, 2.75) is 33.2 Å². The predicted molar refractivity (Wildman–Crippen MR) is 104 cm³/mol. The van der Waals surface area contributed by atoms with Crippen molar-refractivity contribution < 1.29 is 4.79 Å². The summed E-state index contributed by atoms with van der Waals surface area (Å²) in [5, 5.41) is 13.8. The molecule has 0 fully saturated rings. The Labute approximate surface area is 152 Å². The molecule has 0 bridgehead atoms. The Balaban J connectivity index is 2.13. The normalized spacial score (nSPS) is 11.4. The Morgan fingerprint density at radius 2 is 1.77 bits per heavy atom. The van der Waals surface area contributed by atoms with Crippen LogP contribution in [0.25, 0.3) is 22.2 Å². The minimum atomic E-state index is -0.349. The monoisotopic (exact) mass is 350 g/mol. The lowest BCUT2D eigenvalue weighted by molar-refractivity contribution is 0.244. The Kier molecular flexibility index (Phi) is 4.46. The van der Waals surface area contributed by atoms with Gasteiger partial charge in [-0.05, 0) is 51.0 Å². The van der Waals surface area contributed by atoms with E-state index in [1.807, 2.05) is 58.0 Å². The van der Waals surface area contributed by atoms with Crippen molar-refractivity contribution in [1.29, 1.82) is 0 Å². The third-order valence-electron chi connectivity index (χ3n) is 3.78. The highest BCUT2D eigenvalue weighted by Crippen LogP contribution is 2.33. The molecule has 0 aliphatic heterocycles. The summed E-state index contributed by atoms with van der Waals surface area (Å²) in [6.07, 6.45) is 0. The Morgan fingerprint density at radius 1 is 1.04 bits per heavy atom. The number of nitrogens with zero attached hydrogens (tertiary/aromatic N) is 3. The van der Waals surface area contributed by atoms with E-state index >= 15 is 0 Å². The van der Waals surface area contributed by atoms with Gasteiger partial charge in [0.05, 0.1) is 11.2 Å². The van der Waals surface area contributed by atoms with Crippen molar-refractivity contribution in [2.24, 2.45) is 0 Å². The number of nitrogen functional groups attached to an aromatic ring is 1. The lowest BCUT2D eigenvalue weighted by Gasteiger charge is -2.22. The third kappa shape index (κ3) is 3.88. The van der Waals surface area contributed by atoms with Crippen molar-refractivity contribution in [3.8, 4) is 11.1 Å². The fraction of sp³-hybridized carbons (Fsp3) is 0.263. The van der Waals surface area contributed by atoms with Gasteiger partial charge < -0.3 is 16.4 Å². The van der Waals surface area contributed by atoms with E-state index in [4.69, 9.17) is 5.73 Å². The van der Waals surface area contributed by atoms with Gasteiger partial charge in [0.2, 0.25) is 5.95 Å². The largest absolute Gasteiger partial charge is 0.366 e. The van der Waals surface area contributed by atoms with E-state index < -0.39 is 0 Å².